The predicted octanol–water partition coefficient (Wildman–Crippen LogP) is 1.54. The van der Waals surface area contributed by atoms with Crippen LogP contribution in [-0.2, 0) is 11.3 Å². The van der Waals surface area contributed by atoms with Gasteiger partial charge in [-0.2, -0.15) is 5.10 Å². The molecule has 19 heavy (non-hydrogen) atoms. The Labute approximate surface area is 119 Å². The van der Waals surface area contributed by atoms with Crippen molar-refractivity contribution in [2.24, 2.45) is 0 Å². The van der Waals surface area contributed by atoms with Gasteiger partial charge in [0.15, 0.2) is 0 Å². The third-order valence-corrected chi connectivity index (χ3v) is 3.83. The van der Waals surface area contributed by atoms with Gasteiger partial charge >= 0.3 is 0 Å². The molecular weight excluding hydrogens is 264 g/mol. The normalized spacial score (nSPS) is 22.6. The van der Waals surface area contributed by atoms with Crippen LogP contribution < -0.4 is 5.32 Å². The zero-order valence-electron chi connectivity index (χ0n) is 11.9. The number of nitrogens with zero attached hydrogens (tertiary/aromatic N) is 3. The van der Waals surface area contributed by atoms with Crippen molar-refractivity contribution < 1.29 is 4.74 Å². The van der Waals surface area contributed by atoms with E-state index in [0.717, 1.165) is 38.4 Å². The van der Waals surface area contributed by atoms with Crippen molar-refractivity contribution in [2.75, 3.05) is 33.8 Å². The lowest BCUT2D eigenvalue weighted by Gasteiger charge is -2.35. The van der Waals surface area contributed by atoms with Gasteiger partial charge in [-0.25, -0.2) is 0 Å². The van der Waals surface area contributed by atoms with E-state index in [1.54, 1.807) is 6.20 Å². The van der Waals surface area contributed by atoms with Crippen molar-refractivity contribution in [2.45, 2.75) is 32.0 Å². The Morgan fingerprint density at radius 1 is 1.63 bits per heavy atom. The molecule has 108 valence electrons. The van der Waals surface area contributed by atoms with Crippen molar-refractivity contribution in [3.05, 3.63) is 16.9 Å². The second-order valence-electron chi connectivity index (χ2n) is 5.04. The number of rotatable bonds is 5. The third kappa shape index (κ3) is 3.28. The molecule has 1 N–H and O–H groups in total. The highest BCUT2D eigenvalue weighted by molar-refractivity contribution is 6.31. The summed E-state index contributed by atoms with van der Waals surface area (Å²) in [7, 11) is 4.06. The van der Waals surface area contributed by atoms with Crippen molar-refractivity contribution in [3.63, 3.8) is 0 Å². The first kappa shape index (κ1) is 14.8. The zero-order valence-corrected chi connectivity index (χ0v) is 12.7. The van der Waals surface area contributed by atoms with Gasteiger partial charge in [0.05, 0.1) is 35.7 Å². The van der Waals surface area contributed by atoms with Crippen LogP contribution >= 0.6 is 11.6 Å². The molecule has 0 aromatic carbocycles. The fourth-order valence-electron chi connectivity index (χ4n) is 2.58. The van der Waals surface area contributed by atoms with E-state index >= 15 is 0 Å². The third-order valence-electron chi connectivity index (χ3n) is 3.54. The maximum absolute atomic E-state index is 6.32. The molecule has 0 bridgehead atoms. The number of likely N-dealkylation sites (N-methyl/N-ethyl adjacent to an activating group) is 2. The SMILES string of the molecule is CCCn1ncc(Cl)c1C(NC)C1CN(C)CCO1. The van der Waals surface area contributed by atoms with Gasteiger partial charge in [-0.15, -0.1) is 0 Å². The number of nitrogens with one attached hydrogen (secondary N) is 1. The summed E-state index contributed by atoms with van der Waals surface area (Å²) >= 11 is 6.32. The van der Waals surface area contributed by atoms with Crippen LogP contribution in [0.1, 0.15) is 25.1 Å². The number of aryl methyl sites for hydroxylation is 1. The summed E-state index contributed by atoms with van der Waals surface area (Å²) in [5.74, 6) is 0. The number of aromatic nitrogens is 2. The van der Waals surface area contributed by atoms with Gasteiger partial charge in [0.2, 0.25) is 0 Å². The molecular formula is C13H23ClN4O. The molecule has 1 aromatic heterocycles. The number of ether oxygens (including phenoxy) is 1. The lowest BCUT2D eigenvalue weighted by atomic mass is 10.1. The summed E-state index contributed by atoms with van der Waals surface area (Å²) in [6, 6.07) is 0.0734. The van der Waals surface area contributed by atoms with E-state index in [1.807, 2.05) is 11.7 Å². The highest BCUT2D eigenvalue weighted by Gasteiger charge is 2.30. The molecule has 2 heterocycles. The van der Waals surface area contributed by atoms with E-state index in [9.17, 15) is 0 Å². The monoisotopic (exact) mass is 286 g/mol. The number of hydrogen-bond acceptors (Lipinski definition) is 4. The zero-order chi connectivity index (χ0) is 13.8. The van der Waals surface area contributed by atoms with E-state index < -0.39 is 0 Å². The van der Waals surface area contributed by atoms with Gasteiger partial charge in [-0.3, -0.25) is 4.68 Å². The van der Waals surface area contributed by atoms with E-state index in [1.165, 1.54) is 0 Å². The van der Waals surface area contributed by atoms with Crippen LogP contribution in [0.15, 0.2) is 6.20 Å². The first-order valence-electron chi connectivity index (χ1n) is 6.86. The second-order valence-corrected chi connectivity index (χ2v) is 5.45. The fraction of sp³-hybridized carbons (Fsp3) is 0.769. The maximum Gasteiger partial charge on any atom is 0.0912 e. The minimum Gasteiger partial charge on any atom is -0.374 e. The van der Waals surface area contributed by atoms with E-state index in [2.05, 4.69) is 29.3 Å². The van der Waals surface area contributed by atoms with Crippen molar-refractivity contribution >= 4 is 11.6 Å². The van der Waals surface area contributed by atoms with E-state index in [-0.39, 0.29) is 12.1 Å². The first-order valence-corrected chi connectivity index (χ1v) is 7.23. The van der Waals surface area contributed by atoms with Crippen molar-refractivity contribution in [1.82, 2.24) is 20.0 Å². The van der Waals surface area contributed by atoms with Gasteiger partial charge in [0.1, 0.15) is 0 Å². The molecule has 1 aromatic rings. The summed E-state index contributed by atoms with van der Waals surface area (Å²) in [6.07, 6.45) is 2.87. The van der Waals surface area contributed by atoms with Gasteiger partial charge in [0.25, 0.3) is 0 Å². The van der Waals surface area contributed by atoms with Crippen LogP contribution in [0, 0.1) is 0 Å². The topological polar surface area (TPSA) is 42.3 Å². The average molecular weight is 287 g/mol. The minimum absolute atomic E-state index is 0.0734. The smallest absolute Gasteiger partial charge is 0.0912 e. The van der Waals surface area contributed by atoms with Crippen LogP contribution in [0.4, 0.5) is 0 Å². The molecule has 0 spiro atoms. The Morgan fingerprint density at radius 3 is 3.05 bits per heavy atom. The minimum atomic E-state index is 0.0734. The summed E-state index contributed by atoms with van der Waals surface area (Å²) in [5, 5.41) is 8.41. The lowest BCUT2D eigenvalue weighted by molar-refractivity contribution is -0.0394. The Kier molecular flexibility index (Phi) is 5.21. The molecule has 5 nitrogen and oxygen atoms in total. The van der Waals surface area contributed by atoms with Crippen LogP contribution in [0.3, 0.4) is 0 Å². The summed E-state index contributed by atoms with van der Waals surface area (Å²) < 4.78 is 7.90. The average Bonchev–Trinajstić information content (AvgIpc) is 2.74. The fourth-order valence-corrected chi connectivity index (χ4v) is 2.84. The van der Waals surface area contributed by atoms with Gasteiger partial charge in [-0.05, 0) is 20.5 Å². The number of morpholine rings is 1. The highest BCUT2D eigenvalue weighted by Crippen LogP contribution is 2.28. The molecule has 2 atom stereocenters. The van der Waals surface area contributed by atoms with E-state index in [0.29, 0.717) is 5.02 Å². The summed E-state index contributed by atoms with van der Waals surface area (Å²) in [5.41, 5.74) is 1.03. The molecule has 2 unspecified atom stereocenters. The molecule has 1 aliphatic rings. The Bertz CT molecular complexity index is 409. The van der Waals surface area contributed by atoms with Gasteiger partial charge < -0.3 is 15.0 Å². The molecule has 1 fully saturated rings. The highest BCUT2D eigenvalue weighted by atomic mass is 35.5. The molecule has 0 amide bonds. The van der Waals surface area contributed by atoms with Crippen LogP contribution in [-0.4, -0.2) is 54.6 Å². The lowest BCUT2D eigenvalue weighted by Crippen LogP contribution is -2.46. The number of hydrogen-bond donors (Lipinski definition) is 1. The van der Waals surface area contributed by atoms with Gasteiger partial charge in [0, 0.05) is 19.6 Å². The van der Waals surface area contributed by atoms with Crippen LogP contribution in [0.5, 0.6) is 0 Å². The van der Waals surface area contributed by atoms with Crippen molar-refractivity contribution in [1.29, 1.82) is 0 Å². The predicted molar refractivity (Wildman–Crippen MR) is 76.6 cm³/mol. The first-order chi connectivity index (χ1) is 9.17. The van der Waals surface area contributed by atoms with Crippen LogP contribution in [0.25, 0.3) is 0 Å². The number of halogens is 1. The second kappa shape index (κ2) is 6.70. The standard InChI is InChI=1S/C13H23ClN4O/c1-4-5-18-13(10(14)8-16-18)12(15-2)11-9-17(3)6-7-19-11/h8,11-12,15H,4-7,9H2,1-3H3. The molecule has 6 heteroatoms. The molecule has 1 saturated heterocycles. The van der Waals surface area contributed by atoms with E-state index in [4.69, 9.17) is 16.3 Å². The molecule has 2 rings (SSSR count). The summed E-state index contributed by atoms with van der Waals surface area (Å²) in [4.78, 5) is 2.28. The van der Waals surface area contributed by atoms with Crippen molar-refractivity contribution in [3.8, 4) is 0 Å². The summed E-state index contributed by atoms with van der Waals surface area (Å²) in [6.45, 7) is 5.66. The Hall–Kier alpha value is -0.620. The Balaban J connectivity index is 2.23. The maximum atomic E-state index is 6.32. The van der Waals surface area contributed by atoms with Crippen LogP contribution in [0.2, 0.25) is 5.02 Å². The quantitative estimate of drug-likeness (QED) is 0.892. The largest absolute Gasteiger partial charge is 0.374 e. The molecule has 0 saturated carbocycles. The van der Waals surface area contributed by atoms with Gasteiger partial charge in [-0.1, -0.05) is 18.5 Å². The molecule has 1 aliphatic heterocycles. The Morgan fingerprint density at radius 2 is 2.42 bits per heavy atom. The molecule has 0 radical (unpaired) electrons. The molecule has 0 aliphatic carbocycles.